The summed E-state index contributed by atoms with van der Waals surface area (Å²) < 4.78 is 0. The zero-order valence-electron chi connectivity index (χ0n) is 9.85. The second kappa shape index (κ2) is 5.56. The molecule has 2 N–H and O–H groups in total. The van der Waals surface area contributed by atoms with Gasteiger partial charge in [0, 0.05) is 11.4 Å². The van der Waals surface area contributed by atoms with Crippen molar-refractivity contribution in [2.45, 2.75) is 23.8 Å². The van der Waals surface area contributed by atoms with Gasteiger partial charge in [0.1, 0.15) is 0 Å². The molecule has 4 heteroatoms. The predicted molar refractivity (Wildman–Crippen MR) is 69.3 cm³/mol. The van der Waals surface area contributed by atoms with Crippen LogP contribution in [0.1, 0.15) is 23.2 Å². The van der Waals surface area contributed by atoms with Gasteiger partial charge in [-0.1, -0.05) is 12.1 Å². The maximum Gasteiger partial charge on any atom is 0.252 e. The lowest BCUT2D eigenvalue weighted by Gasteiger charge is -2.31. The Balaban J connectivity index is 1.90. The molecule has 0 saturated heterocycles. The van der Waals surface area contributed by atoms with Crippen molar-refractivity contribution in [1.82, 2.24) is 5.32 Å². The summed E-state index contributed by atoms with van der Waals surface area (Å²) in [4.78, 5) is 13.0. The number of carbonyl (C=O) groups excluding carboxylic acids is 1. The van der Waals surface area contributed by atoms with Crippen LogP contribution in [0.4, 0.5) is 0 Å². The van der Waals surface area contributed by atoms with Gasteiger partial charge >= 0.3 is 0 Å². The van der Waals surface area contributed by atoms with Gasteiger partial charge in [-0.15, -0.1) is 11.8 Å². The van der Waals surface area contributed by atoms with Gasteiger partial charge < -0.3 is 10.4 Å². The molecule has 3 nitrogen and oxygen atoms in total. The highest BCUT2D eigenvalue weighted by molar-refractivity contribution is 7.98. The molecule has 0 atom stereocenters. The highest BCUT2D eigenvalue weighted by Crippen LogP contribution is 2.26. The standard InChI is InChI=1S/C13H17NO2S/c1-17-12-5-3-2-4-11(12)13(16)14-8-9-6-10(15)7-9/h2-5,9-10,15H,6-8H2,1H3,(H,14,16). The van der Waals surface area contributed by atoms with Crippen molar-refractivity contribution in [3.63, 3.8) is 0 Å². The maximum absolute atomic E-state index is 12.0. The fraction of sp³-hybridized carbons (Fsp3) is 0.462. The van der Waals surface area contributed by atoms with Crippen molar-refractivity contribution < 1.29 is 9.90 Å². The topological polar surface area (TPSA) is 49.3 Å². The van der Waals surface area contributed by atoms with Crippen molar-refractivity contribution in [2.75, 3.05) is 12.8 Å². The average Bonchev–Trinajstić information content (AvgIpc) is 2.32. The van der Waals surface area contributed by atoms with Crippen LogP contribution in [0, 0.1) is 5.92 Å². The second-order valence-corrected chi connectivity index (χ2v) is 5.25. The fourth-order valence-electron chi connectivity index (χ4n) is 2.03. The van der Waals surface area contributed by atoms with Crippen LogP contribution in [-0.4, -0.2) is 29.9 Å². The van der Waals surface area contributed by atoms with Gasteiger partial charge in [-0.05, 0) is 37.1 Å². The van der Waals surface area contributed by atoms with Crippen LogP contribution >= 0.6 is 11.8 Å². The molecule has 1 amide bonds. The summed E-state index contributed by atoms with van der Waals surface area (Å²) in [6.07, 6.45) is 3.43. The highest BCUT2D eigenvalue weighted by Gasteiger charge is 2.27. The molecule has 92 valence electrons. The highest BCUT2D eigenvalue weighted by atomic mass is 32.2. The Morgan fingerprint density at radius 3 is 2.82 bits per heavy atom. The van der Waals surface area contributed by atoms with E-state index in [4.69, 9.17) is 5.11 Å². The van der Waals surface area contributed by atoms with E-state index in [-0.39, 0.29) is 12.0 Å². The van der Waals surface area contributed by atoms with Crippen molar-refractivity contribution in [3.05, 3.63) is 29.8 Å². The Bertz CT molecular complexity index is 402. The summed E-state index contributed by atoms with van der Waals surface area (Å²) in [5.41, 5.74) is 0.736. The monoisotopic (exact) mass is 251 g/mol. The molecule has 1 aromatic rings. The van der Waals surface area contributed by atoms with Crippen molar-refractivity contribution in [3.8, 4) is 0 Å². The molecule has 2 rings (SSSR count). The van der Waals surface area contributed by atoms with Crippen LogP contribution in [0.2, 0.25) is 0 Å². The first-order valence-electron chi connectivity index (χ1n) is 5.80. The van der Waals surface area contributed by atoms with E-state index >= 15 is 0 Å². The molecule has 1 fully saturated rings. The average molecular weight is 251 g/mol. The number of aliphatic hydroxyl groups excluding tert-OH is 1. The van der Waals surface area contributed by atoms with E-state index in [0.717, 1.165) is 23.3 Å². The molecule has 0 heterocycles. The number of nitrogens with one attached hydrogen (secondary N) is 1. The van der Waals surface area contributed by atoms with Gasteiger partial charge in [0.2, 0.25) is 0 Å². The van der Waals surface area contributed by atoms with E-state index in [0.29, 0.717) is 12.5 Å². The molecule has 0 aromatic heterocycles. The summed E-state index contributed by atoms with van der Waals surface area (Å²) in [7, 11) is 0. The first-order valence-corrected chi connectivity index (χ1v) is 7.02. The Morgan fingerprint density at radius 1 is 1.47 bits per heavy atom. The Hall–Kier alpha value is -1.00. The maximum atomic E-state index is 12.0. The third-order valence-corrected chi connectivity index (χ3v) is 3.91. The zero-order chi connectivity index (χ0) is 12.3. The molecule has 0 radical (unpaired) electrons. The van der Waals surface area contributed by atoms with Crippen molar-refractivity contribution >= 4 is 17.7 Å². The molecule has 0 bridgehead atoms. The van der Waals surface area contributed by atoms with Crippen molar-refractivity contribution in [1.29, 1.82) is 0 Å². The predicted octanol–water partition coefficient (Wildman–Crippen LogP) is 1.91. The van der Waals surface area contributed by atoms with Gasteiger partial charge in [-0.25, -0.2) is 0 Å². The van der Waals surface area contributed by atoms with E-state index in [9.17, 15) is 4.79 Å². The first kappa shape index (κ1) is 12.5. The number of rotatable bonds is 4. The minimum Gasteiger partial charge on any atom is -0.393 e. The van der Waals surface area contributed by atoms with Crippen LogP contribution < -0.4 is 5.32 Å². The van der Waals surface area contributed by atoms with Crippen LogP contribution in [0.15, 0.2) is 29.2 Å². The minimum atomic E-state index is -0.157. The largest absolute Gasteiger partial charge is 0.393 e. The summed E-state index contributed by atoms with van der Waals surface area (Å²) in [5, 5.41) is 12.1. The van der Waals surface area contributed by atoms with E-state index in [1.807, 2.05) is 30.5 Å². The molecular formula is C13H17NO2S. The third-order valence-electron chi connectivity index (χ3n) is 3.11. The molecule has 1 aliphatic rings. The Morgan fingerprint density at radius 2 is 2.18 bits per heavy atom. The summed E-state index contributed by atoms with van der Waals surface area (Å²) in [5.74, 6) is 0.423. The number of hydrogen-bond donors (Lipinski definition) is 2. The normalized spacial score (nSPS) is 22.9. The van der Waals surface area contributed by atoms with E-state index in [1.165, 1.54) is 0 Å². The second-order valence-electron chi connectivity index (χ2n) is 4.40. The van der Waals surface area contributed by atoms with Crippen LogP contribution in [0.3, 0.4) is 0 Å². The molecule has 0 aliphatic heterocycles. The third kappa shape index (κ3) is 3.01. The molecule has 1 aliphatic carbocycles. The number of hydrogen-bond acceptors (Lipinski definition) is 3. The fourth-order valence-corrected chi connectivity index (χ4v) is 2.63. The van der Waals surface area contributed by atoms with Crippen LogP contribution in [0.5, 0.6) is 0 Å². The van der Waals surface area contributed by atoms with Gasteiger partial charge in [0.25, 0.3) is 5.91 Å². The SMILES string of the molecule is CSc1ccccc1C(=O)NCC1CC(O)C1. The zero-order valence-corrected chi connectivity index (χ0v) is 10.7. The molecule has 1 saturated carbocycles. The molecule has 1 aromatic carbocycles. The summed E-state index contributed by atoms with van der Waals surface area (Å²) in [6, 6.07) is 7.61. The van der Waals surface area contributed by atoms with Gasteiger partial charge in [0.05, 0.1) is 11.7 Å². The molecular weight excluding hydrogens is 234 g/mol. The van der Waals surface area contributed by atoms with Crippen LogP contribution in [-0.2, 0) is 0 Å². The first-order chi connectivity index (χ1) is 8.20. The number of thioether (sulfide) groups is 1. The number of amides is 1. The lowest BCUT2D eigenvalue weighted by atomic mass is 9.82. The minimum absolute atomic E-state index is 0.0173. The smallest absolute Gasteiger partial charge is 0.252 e. The summed E-state index contributed by atoms with van der Waals surface area (Å²) in [6.45, 7) is 0.665. The van der Waals surface area contributed by atoms with Gasteiger partial charge in [0.15, 0.2) is 0 Å². The van der Waals surface area contributed by atoms with Gasteiger partial charge in [-0.2, -0.15) is 0 Å². The van der Waals surface area contributed by atoms with E-state index < -0.39 is 0 Å². The molecule has 0 spiro atoms. The van der Waals surface area contributed by atoms with E-state index in [1.54, 1.807) is 11.8 Å². The summed E-state index contributed by atoms with van der Waals surface area (Å²) >= 11 is 1.58. The number of carbonyl (C=O) groups is 1. The Kier molecular flexibility index (Phi) is 4.07. The lowest BCUT2D eigenvalue weighted by molar-refractivity contribution is 0.0420. The number of benzene rings is 1. The quantitative estimate of drug-likeness (QED) is 0.804. The van der Waals surface area contributed by atoms with Crippen molar-refractivity contribution in [2.24, 2.45) is 5.92 Å². The Labute approximate surface area is 106 Å². The molecule has 0 unspecified atom stereocenters. The van der Waals surface area contributed by atoms with Crippen LogP contribution in [0.25, 0.3) is 0 Å². The number of aliphatic hydroxyl groups is 1. The van der Waals surface area contributed by atoms with E-state index in [2.05, 4.69) is 5.32 Å². The lowest BCUT2D eigenvalue weighted by Crippen LogP contribution is -2.38. The molecule has 17 heavy (non-hydrogen) atoms. The van der Waals surface area contributed by atoms with Gasteiger partial charge in [-0.3, -0.25) is 4.79 Å².